The highest BCUT2D eigenvalue weighted by Gasteiger charge is 2.30. The highest BCUT2D eigenvalue weighted by molar-refractivity contribution is 5.71. The number of piperidine rings is 1. The summed E-state index contributed by atoms with van der Waals surface area (Å²) in [5, 5.41) is 3.54. The molecule has 1 saturated carbocycles. The molecule has 1 aliphatic heterocycles. The van der Waals surface area contributed by atoms with Crippen molar-refractivity contribution < 1.29 is 0 Å². The molecule has 2 unspecified atom stereocenters. The van der Waals surface area contributed by atoms with Crippen LogP contribution in [0.5, 0.6) is 0 Å². The molecule has 0 aromatic carbocycles. The fourth-order valence-corrected chi connectivity index (χ4v) is 3.66. The highest BCUT2D eigenvalue weighted by atomic mass is 15.2. The zero-order chi connectivity index (χ0) is 14.2. The third-order valence-corrected chi connectivity index (χ3v) is 5.08. The number of pyridine rings is 1. The van der Waals surface area contributed by atoms with Crippen molar-refractivity contribution in [1.29, 1.82) is 0 Å². The molecule has 0 radical (unpaired) electrons. The molecule has 2 fully saturated rings. The Kier molecular flexibility index (Phi) is 3.42. The molecular weight excluding hydrogens is 260 g/mol. The maximum atomic E-state index is 4.89. The number of fused-ring (bicyclic) bond motifs is 1. The van der Waals surface area contributed by atoms with Crippen molar-refractivity contribution in [3.05, 3.63) is 24.2 Å². The van der Waals surface area contributed by atoms with Crippen molar-refractivity contribution in [2.24, 2.45) is 11.8 Å². The van der Waals surface area contributed by atoms with Gasteiger partial charge in [0.2, 0.25) is 0 Å². The monoisotopic (exact) mass is 284 g/mol. The quantitative estimate of drug-likeness (QED) is 0.938. The van der Waals surface area contributed by atoms with E-state index in [1.54, 1.807) is 0 Å². The maximum Gasteiger partial charge on any atom is 0.160 e. The normalized spacial score (nSPS) is 24.3. The molecule has 1 N–H and O–H groups in total. The Balaban J connectivity index is 1.61. The first kappa shape index (κ1) is 13.3. The van der Waals surface area contributed by atoms with E-state index in [9.17, 15) is 0 Å². The number of imidazole rings is 1. The van der Waals surface area contributed by atoms with Gasteiger partial charge in [-0.25, -0.2) is 9.97 Å². The van der Waals surface area contributed by atoms with Gasteiger partial charge in [-0.3, -0.25) is 0 Å². The number of nitrogens with one attached hydrogen (secondary N) is 1. The van der Waals surface area contributed by atoms with Crippen LogP contribution in [0.3, 0.4) is 0 Å². The fraction of sp³-hybridized carbons (Fsp3) is 0.647. The molecule has 1 aliphatic carbocycles. The minimum Gasteiger partial charge on any atom is -0.316 e. The molecule has 1 saturated heterocycles. The van der Waals surface area contributed by atoms with Crippen LogP contribution < -0.4 is 5.32 Å². The molecule has 4 rings (SSSR count). The summed E-state index contributed by atoms with van der Waals surface area (Å²) in [6, 6.07) is 4.74. The Bertz CT molecular complexity index is 623. The van der Waals surface area contributed by atoms with Crippen LogP contribution in [0.1, 0.15) is 44.5 Å². The van der Waals surface area contributed by atoms with Crippen LogP contribution in [0.15, 0.2) is 18.3 Å². The lowest BCUT2D eigenvalue weighted by Gasteiger charge is -2.28. The molecular formula is C17H24N4. The molecule has 4 heteroatoms. The van der Waals surface area contributed by atoms with Crippen LogP contribution in [0.25, 0.3) is 11.2 Å². The minimum atomic E-state index is 0.650. The van der Waals surface area contributed by atoms with E-state index >= 15 is 0 Å². The Morgan fingerprint density at radius 2 is 2.29 bits per heavy atom. The number of rotatable bonds is 4. The number of nitrogens with zero attached hydrogens (tertiary/aromatic N) is 3. The largest absolute Gasteiger partial charge is 0.316 e. The van der Waals surface area contributed by atoms with Crippen LogP contribution in [0.4, 0.5) is 0 Å². The van der Waals surface area contributed by atoms with Gasteiger partial charge in [0.1, 0.15) is 11.3 Å². The lowest BCUT2D eigenvalue weighted by Crippen LogP contribution is -2.34. The molecule has 0 spiro atoms. The Labute approximate surface area is 126 Å². The van der Waals surface area contributed by atoms with E-state index in [1.807, 2.05) is 12.3 Å². The SMILES string of the molecule is CC(Cc1nc2cccnc2n1C1CC1)C1CCCNC1. The van der Waals surface area contributed by atoms with E-state index in [-0.39, 0.29) is 0 Å². The van der Waals surface area contributed by atoms with Crippen molar-refractivity contribution in [2.75, 3.05) is 13.1 Å². The average molecular weight is 284 g/mol. The fourth-order valence-electron chi connectivity index (χ4n) is 3.66. The molecule has 4 nitrogen and oxygen atoms in total. The second-order valence-electron chi connectivity index (χ2n) is 6.76. The van der Waals surface area contributed by atoms with E-state index in [2.05, 4.69) is 27.9 Å². The van der Waals surface area contributed by atoms with E-state index in [1.165, 1.54) is 44.6 Å². The van der Waals surface area contributed by atoms with Crippen LogP contribution in [-0.4, -0.2) is 27.6 Å². The van der Waals surface area contributed by atoms with Gasteiger partial charge in [-0.1, -0.05) is 6.92 Å². The van der Waals surface area contributed by atoms with Crippen LogP contribution in [0, 0.1) is 11.8 Å². The Hall–Kier alpha value is -1.42. The van der Waals surface area contributed by atoms with Gasteiger partial charge >= 0.3 is 0 Å². The first-order valence-corrected chi connectivity index (χ1v) is 8.35. The van der Waals surface area contributed by atoms with Crippen molar-refractivity contribution in [2.45, 2.75) is 45.1 Å². The molecule has 21 heavy (non-hydrogen) atoms. The summed E-state index contributed by atoms with van der Waals surface area (Å²) in [6.07, 6.45) is 8.22. The average Bonchev–Trinajstić information content (AvgIpc) is 3.29. The van der Waals surface area contributed by atoms with Gasteiger partial charge in [0, 0.05) is 18.7 Å². The van der Waals surface area contributed by atoms with E-state index in [0.29, 0.717) is 12.0 Å². The molecule has 2 aromatic rings. The number of aromatic nitrogens is 3. The summed E-state index contributed by atoms with van der Waals surface area (Å²) in [4.78, 5) is 9.46. The zero-order valence-corrected chi connectivity index (χ0v) is 12.8. The standard InChI is InChI=1S/C17H24N4/c1-12(13-4-2-8-18-11-13)10-16-20-15-5-3-9-19-17(15)21(16)14-6-7-14/h3,5,9,12-14,18H,2,4,6-8,10-11H2,1H3. The van der Waals surface area contributed by atoms with E-state index < -0.39 is 0 Å². The van der Waals surface area contributed by atoms with Crippen molar-refractivity contribution in [3.63, 3.8) is 0 Å². The third kappa shape index (κ3) is 2.57. The molecule has 2 atom stereocenters. The molecule has 0 amide bonds. The summed E-state index contributed by atoms with van der Waals surface area (Å²) < 4.78 is 2.42. The zero-order valence-electron chi connectivity index (χ0n) is 12.8. The van der Waals surface area contributed by atoms with Crippen molar-refractivity contribution in [3.8, 4) is 0 Å². The van der Waals surface area contributed by atoms with E-state index in [4.69, 9.17) is 4.98 Å². The summed E-state index contributed by atoms with van der Waals surface area (Å²) in [7, 11) is 0. The van der Waals surface area contributed by atoms with Crippen LogP contribution in [-0.2, 0) is 6.42 Å². The first-order chi connectivity index (χ1) is 10.3. The topological polar surface area (TPSA) is 42.7 Å². The van der Waals surface area contributed by atoms with Gasteiger partial charge in [-0.05, 0) is 62.7 Å². The summed E-state index contributed by atoms with van der Waals surface area (Å²) in [6.45, 7) is 4.75. The number of hydrogen-bond acceptors (Lipinski definition) is 3. The van der Waals surface area contributed by atoms with Crippen molar-refractivity contribution in [1.82, 2.24) is 19.9 Å². The van der Waals surface area contributed by atoms with Crippen LogP contribution in [0.2, 0.25) is 0 Å². The van der Waals surface area contributed by atoms with Gasteiger partial charge in [-0.15, -0.1) is 0 Å². The predicted molar refractivity (Wildman–Crippen MR) is 84.3 cm³/mol. The van der Waals surface area contributed by atoms with Crippen LogP contribution >= 0.6 is 0 Å². The molecule has 0 bridgehead atoms. The minimum absolute atomic E-state index is 0.650. The molecule has 2 aliphatic rings. The van der Waals surface area contributed by atoms with Gasteiger partial charge in [0.05, 0.1) is 0 Å². The molecule has 2 aromatic heterocycles. The lowest BCUT2D eigenvalue weighted by molar-refractivity contribution is 0.274. The van der Waals surface area contributed by atoms with Gasteiger partial charge in [0.15, 0.2) is 5.65 Å². The van der Waals surface area contributed by atoms with Gasteiger partial charge < -0.3 is 9.88 Å². The molecule has 3 heterocycles. The molecule has 112 valence electrons. The third-order valence-electron chi connectivity index (χ3n) is 5.08. The number of hydrogen-bond donors (Lipinski definition) is 1. The Morgan fingerprint density at radius 1 is 1.38 bits per heavy atom. The van der Waals surface area contributed by atoms with Gasteiger partial charge in [-0.2, -0.15) is 0 Å². The van der Waals surface area contributed by atoms with Gasteiger partial charge in [0.25, 0.3) is 0 Å². The summed E-state index contributed by atoms with van der Waals surface area (Å²) >= 11 is 0. The van der Waals surface area contributed by atoms with E-state index in [0.717, 1.165) is 23.5 Å². The smallest absolute Gasteiger partial charge is 0.160 e. The maximum absolute atomic E-state index is 4.89. The summed E-state index contributed by atoms with van der Waals surface area (Å²) in [5.41, 5.74) is 2.15. The second-order valence-corrected chi connectivity index (χ2v) is 6.76. The Morgan fingerprint density at radius 3 is 3.05 bits per heavy atom. The first-order valence-electron chi connectivity index (χ1n) is 8.35. The lowest BCUT2D eigenvalue weighted by atomic mass is 9.85. The second kappa shape index (κ2) is 5.41. The van der Waals surface area contributed by atoms with Crippen molar-refractivity contribution >= 4 is 11.2 Å². The highest BCUT2D eigenvalue weighted by Crippen LogP contribution is 2.39. The summed E-state index contributed by atoms with van der Waals surface area (Å²) in [5.74, 6) is 2.73. The predicted octanol–water partition coefficient (Wildman–Crippen LogP) is 2.94.